The van der Waals surface area contributed by atoms with Gasteiger partial charge in [0, 0.05) is 31.7 Å². The van der Waals surface area contributed by atoms with Crippen molar-refractivity contribution in [1.29, 1.82) is 0 Å². The van der Waals surface area contributed by atoms with Crippen LogP contribution in [0.15, 0.2) is 48.5 Å². The Morgan fingerprint density at radius 2 is 1.70 bits per heavy atom. The number of Topliss-reactive ketones (excluding diaryl/α,β-unsaturated/α-hetero) is 1. The van der Waals surface area contributed by atoms with Crippen molar-refractivity contribution in [2.24, 2.45) is 0 Å². The van der Waals surface area contributed by atoms with Gasteiger partial charge in [-0.15, -0.1) is 0 Å². The molecule has 1 unspecified atom stereocenters. The number of halogens is 1. The van der Waals surface area contributed by atoms with Crippen LogP contribution >= 0.6 is 0 Å². The van der Waals surface area contributed by atoms with Crippen molar-refractivity contribution in [3.8, 4) is 0 Å². The van der Waals surface area contributed by atoms with E-state index in [1.165, 1.54) is 13.0 Å². The van der Waals surface area contributed by atoms with Crippen LogP contribution in [0, 0.1) is 5.82 Å². The quantitative estimate of drug-likeness (QED) is 0.838. The van der Waals surface area contributed by atoms with E-state index in [0.29, 0.717) is 37.4 Å². The molecule has 0 aromatic heterocycles. The molecule has 1 aliphatic rings. The Morgan fingerprint density at radius 1 is 1.04 bits per heavy atom. The second kappa shape index (κ2) is 8.20. The zero-order valence-electron chi connectivity index (χ0n) is 15.6. The third-order valence-corrected chi connectivity index (χ3v) is 4.90. The molecule has 0 aliphatic carbocycles. The molecule has 1 heterocycles. The highest BCUT2D eigenvalue weighted by atomic mass is 19.1. The van der Waals surface area contributed by atoms with Crippen LogP contribution in [0.3, 0.4) is 0 Å². The van der Waals surface area contributed by atoms with Crippen molar-refractivity contribution < 1.29 is 14.0 Å². The first-order valence-corrected chi connectivity index (χ1v) is 9.11. The second-order valence-corrected chi connectivity index (χ2v) is 6.78. The van der Waals surface area contributed by atoms with Gasteiger partial charge >= 0.3 is 6.03 Å². The number of hydrogen-bond acceptors (Lipinski definition) is 3. The van der Waals surface area contributed by atoms with Crippen molar-refractivity contribution in [3.63, 3.8) is 0 Å². The summed E-state index contributed by atoms with van der Waals surface area (Å²) in [5.41, 5.74) is 1.89. The fraction of sp³-hybridized carbons (Fsp3) is 0.333. The number of amides is 2. The summed E-state index contributed by atoms with van der Waals surface area (Å²) < 4.78 is 14.3. The zero-order chi connectivity index (χ0) is 19.4. The lowest BCUT2D eigenvalue weighted by Crippen LogP contribution is -2.52. The van der Waals surface area contributed by atoms with Crippen LogP contribution in [0.2, 0.25) is 0 Å². The first-order chi connectivity index (χ1) is 13.0. The summed E-state index contributed by atoms with van der Waals surface area (Å²) in [6, 6.07) is 14.2. The van der Waals surface area contributed by atoms with E-state index in [1.54, 1.807) is 17.0 Å². The third kappa shape index (κ3) is 4.45. The number of urea groups is 1. The van der Waals surface area contributed by atoms with Crippen molar-refractivity contribution in [2.75, 3.05) is 31.1 Å². The Hall–Kier alpha value is -2.89. The molecule has 142 valence electrons. The van der Waals surface area contributed by atoms with E-state index >= 15 is 0 Å². The molecule has 0 radical (unpaired) electrons. The summed E-state index contributed by atoms with van der Waals surface area (Å²) >= 11 is 0. The van der Waals surface area contributed by atoms with Gasteiger partial charge in [0.2, 0.25) is 0 Å². The standard InChI is InChI=1S/C21H24FN3O2/c1-15(17-6-4-3-5-7-17)23-21(27)25-12-10-24(11-13-25)20-9-8-18(16(2)26)14-19(20)22/h3-9,14-15H,10-13H2,1-2H3,(H,23,27). The van der Waals surface area contributed by atoms with Crippen LogP contribution in [0.4, 0.5) is 14.9 Å². The number of carbonyl (C=O) groups excluding carboxylic acids is 2. The molecular formula is C21H24FN3O2. The van der Waals surface area contributed by atoms with Crippen LogP contribution in [0.1, 0.15) is 35.8 Å². The number of hydrogen-bond donors (Lipinski definition) is 1. The van der Waals surface area contributed by atoms with Crippen molar-refractivity contribution in [1.82, 2.24) is 10.2 Å². The number of carbonyl (C=O) groups is 2. The van der Waals surface area contributed by atoms with Gasteiger partial charge in [0.25, 0.3) is 0 Å². The molecular weight excluding hydrogens is 345 g/mol. The average Bonchev–Trinajstić information content (AvgIpc) is 2.68. The maximum absolute atomic E-state index is 14.3. The second-order valence-electron chi connectivity index (χ2n) is 6.78. The van der Waals surface area contributed by atoms with E-state index in [1.807, 2.05) is 42.2 Å². The van der Waals surface area contributed by atoms with Gasteiger partial charge in [-0.05, 0) is 37.6 Å². The highest BCUT2D eigenvalue weighted by Crippen LogP contribution is 2.22. The molecule has 1 N–H and O–H groups in total. The normalized spacial score (nSPS) is 15.4. The van der Waals surface area contributed by atoms with E-state index in [2.05, 4.69) is 5.32 Å². The van der Waals surface area contributed by atoms with Crippen LogP contribution in [-0.4, -0.2) is 42.9 Å². The molecule has 0 spiro atoms. The Balaban J connectivity index is 1.57. The predicted octanol–water partition coefficient (Wildman–Crippen LogP) is 3.62. The monoisotopic (exact) mass is 369 g/mol. The zero-order valence-corrected chi connectivity index (χ0v) is 15.6. The summed E-state index contributed by atoms with van der Waals surface area (Å²) in [5.74, 6) is -0.562. The topological polar surface area (TPSA) is 52.7 Å². The number of nitrogens with zero attached hydrogens (tertiary/aromatic N) is 2. The fourth-order valence-electron chi connectivity index (χ4n) is 3.23. The van der Waals surface area contributed by atoms with Gasteiger partial charge in [0.05, 0.1) is 11.7 Å². The van der Waals surface area contributed by atoms with Gasteiger partial charge in [0.1, 0.15) is 5.82 Å². The summed E-state index contributed by atoms with van der Waals surface area (Å²) in [6.45, 7) is 5.49. The lowest BCUT2D eigenvalue weighted by molar-refractivity contribution is 0.101. The lowest BCUT2D eigenvalue weighted by Gasteiger charge is -2.36. The molecule has 2 aromatic carbocycles. The van der Waals surface area contributed by atoms with E-state index in [-0.39, 0.29) is 17.9 Å². The number of piperazine rings is 1. The number of ketones is 1. The number of anilines is 1. The van der Waals surface area contributed by atoms with E-state index < -0.39 is 5.82 Å². The van der Waals surface area contributed by atoms with Gasteiger partial charge in [-0.1, -0.05) is 30.3 Å². The van der Waals surface area contributed by atoms with Crippen molar-refractivity contribution in [2.45, 2.75) is 19.9 Å². The smallest absolute Gasteiger partial charge is 0.317 e. The van der Waals surface area contributed by atoms with Gasteiger partial charge in [-0.25, -0.2) is 9.18 Å². The summed E-state index contributed by atoms with van der Waals surface area (Å²) in [4.78, 5) is 27.5. The van der Waals surface area contributed by atoms with E-state index in [9.17, 15) is 14.0 Å². The molecule has 6 heteroatoms. The Kier molecular flexibility index (Phi) is 5.74. The van der Waals surface area contributed by atoms with Gasteiger partial charge < -0.3 is 15.1 Å². The molecule has 0 saturated carbocycles. The van der Waals surface area contributed by atoms with E-state index in [4.69, 9.17) is 0 Å². The molecule has 2 aromatic rings. The Labute approximate surface area is 158 Å². The SMILES string of the molecule is CC(=O)c1ccc(N2CCN(C(=O)NC(C)c3ccccc3)CC2)c(F)c1. The molecule has 2 amide bonds. The predicted molar refractivity (Wildman–Crippen MR) is 104 cm³/mol. The molecule has 1 fully saturated rings. The molecule has 27 heavy (non-hydrogen) atoms. The summed E-state index contributed by atoms with van der Waals surface area (Å²) in [5, 5.41) is 3.01. The highest BCUT2D eigenvalue weighted by Gasteiger charge is 2.24. The molecule has 1 saturated heterocycles. The van der Waals surface area contributed by atoms with Gasteiger partial charge in [-0.2, -0.15) is 0 Å². The van der Waals surface area contributed by atoms with Crippen molar-refractivity contribution in [3.05, 3.63) is 65.5 Å². The third-order valence-electron chi connectivity index (χ3n) is 4.90. The Bertz CT molecular complexity index is 817. The summed E-state index contributed by atoms with van der Waals surface area (Å²) in [7, 11) is 0. The minimum Gasteiger partial charge on any atom is -0.366 e. The van der Waals surface area contributed by atoms with Crippen LogP contribution in [-0.2, 0) is 0 Å². The van der Waals surface area contributed by atoms with Crippen LogP contribution < -0.4 is 10.2 Å². The van der Waals surface area contributed by atoms with Gasteiger partial charge in [-0.3, -0.25) is 4.79 Å². The fourth-order valence-corrected chi connectivity index (χ4v) is 3.23. The summed E-state index contributed by atoms with van der Waals surface area (Å²) in [6.07, 6.45) is 0. The molecule has 0 bridgehead atoms. The largest absolute Gasteiger partial charge is 0.366 e. The lowest BCUT2D eigenvalue weighted by atomic mass is 10.1. The van der Waals surface area contributed by atoms with Crippen LogP contribution in [0.25, 0.3) is 0 Å². The first-order valence-electron chi connectivity index (χ1n) is 9.11. The minimum absolute atomic E-state index is 0.0756. The molecule has 1 aliphatic heterocycles. The van der Waals surface area contributed by atoms with E-state index in [0.717, 1.165) is 5.56 Å². The molecule has 5 nitrogen and oxygen atoms in total. The first kappa shape index (κ1) is 18.9. The van der Waals surface area contributed by atoms with Crippen molar-refractivity contribution >= 4 is 17.5 Å². The van der Waals surface area contributed by atoms with Gasteiger partial charge in [0.15, 0.2) is 5.78 Å². The average molecular weight is 369 g/mol. The Morgan fingerprint density at radius 3 is 2.30 bits per heavy atom. The van der Waals surface area contributed by atoms with Crippen LogP contribution in [0.5, 0.6) is 0 Å². The number of benzene rings is 2. The highest BCUT2D eigenvalue weighted by molar-refractivity contribution is 5.94. The molecule has 1 atom stereocenters. The number of rotatable bonds is 4. The maximum atomic E-state index is 14.3. The molecule has 3 rings (SSSR count). The minimum atomic E-state index is -0.404. The number of nitrogens with one attached hydrogen (secondary N) is 1. The maximum Gasteiger partial charge on any atom is 0.317 e.